The zero-order valence-corrected chi connectivity index (χ0v) is 20.7. The second-order valence-electron chi connectivity index (χ2n) is 10.1. The largest absolute Gasteiger partial charge is 0.481 e. The Morgan fingerprint density at radius 2 is 1.56 bits per heavy atom. The molecule has 190 valence electrons. The Balaban J connectivity index is 1.20. The molecule has 6 nitrogen and oxygen atoms in total. The SMILES string of the molecule is O=C(O)CCC/C=C\C[C@H]1[C@H]2CC[C@H](C2)[C@H]1CNC(=O)CNC(=O)c1ccc(-c2ccccc2)cc1. The van der Waals surface area contributed by atoms with Gasteiger partial charge in [-0.05, 0) is 85.5 Å². The third-order valence-electron chi connectivity index (χ3n) is 7.81. The summed E-state index contributed by atoms with van der Waals surface area (Å²) in [5, 5.41) is 14.5. The molecule has 3 N–H and O–H groups in total. The fourth-order valence-electron chi connectivity index (χ4n) is 5.96. The number of carboxylic acid groups (broad SMARTS) is 1. The third-order valence-corrected chi connectivity index (χ3v) is 7.81. The van der Waals surface area contributed by atoms with E-state index in [4.69, 9.17) is 5.11 Å². The third kappa shape index (κ3) is 6.84. The lowest BCUT2D eigenvalue weighted by Crippen LogP contribution is -2.41. The number of carbonyl (C=O) groups excluding carboxylic acids is 2. The van der Waals surface area contributed by atoms with Crippen molar-refractivity contribution in [1.82, 2.24) is 10.6 Å². The molecule has 2 amide bonds. The summed E-state index contributed by atoms with van der Waals surface area (Å²) in [4.78, 5) is 35.6. The summed E-state index contributed by atoms with van der Waals surface area (Å²) in [5.74, 6) is 1.27. The molecule has 0 unspecified atom stereocenters. The molecule has 0 aliphatic heterocycles. The number of allylic oxidation sites excluding steroid dienone is 2. The first kappa shape index (κ1) is 25.7. The maximum atomic E-state index is 12.5. The Bertz CT molecular complexity index is 1060. The molecule has 0 heterocycles. The molecule has 0 spiro atoms. The maximum absolute atomic E-state index is 12.5. The van der Waals surface area contributed by atoms with E-state index >= 15 is 0 Å². The molecule has 4 atom stereocenters. The zero-order valence-electron chi connectivity index (χ0n) is 20.7. The van der Waals surface area contributed by atoms with Crippen LogP contribution in [0.15, 0.2) is 66.7 Å². The molecular weight excluding hydrogens is 452 g/mol. The minimum Gasteiger partial charge on any atom is -0.481 e. The number of carbonyl (C=O) groups is 3. The smallest absolute Gasteiger partial charge is 0.303 e. The molecule has 2 fully saturated rings. The van der Waals surface area contributed by atoms with Crippen molar-refractivity contribution in [1.29, 1.82) is 0 Å². The van der Waals surface area contributed by atoms with Crippen molar-refractivity contribution in [3.63, 3.8) is 0 Å². The van der Waals surface area contributed by atoms with E-state index in [1.165, 1.54) is 19.3 Å². The summed E-state index contributed by atoms with van der Waals surface area (Å²) in [5.41, 5.74) is 2.67. The summed E-state index contributed by atoms with van der Waals surface area (Å²) in [6, 6.07) is 17.4. The molecule has 4 rings (SSSR count). The number of fused-ring (bicyclic) bond motifs is 2. The first-order chi connectivity index (χ1) is 17.5. The van der Waals surface area contributed by atoms with Crippen LogP contribution in [0, 0.1) is 23.7 Å². The molecular formula is C30H36N2O4. The zero-order chi connectivity index (χ0) is 25.3. The van der Waals surface area contributed by atoms with Crippen molar-refractivity contribution in [2.75, 3.05) is 13.1 Å². The normalized spacial score (nSPS) is 22.6. The summed E-state index contributed by atoms with van der Waals surface area (Å²) < 4.78 is 0. The number of benzene rings is 2. The van der Waals surface area contributed by atoms with Crippen LogP contribution in [0.4, 0.5) is 0 Å². The molecule has 36 heavy (non-hydrogen) atoms. The first-order valence-corrected chi connectivity index (χ1v) is 13.1. The van der Waals surface area contributed by atoms with Crippen LogP contribution in [0.25, 0.3) is 11.1 Å². The summed E-state index contributed by atoms with van der Waals surface area (Å²) in [6.45, 7) is 0.618. The van der Waals surface area contributed by atoms with Gasteiger partial charge in [-0.25, -0.2) is 0 Å². The number of unbranched alkanes of at least 4 members (excludes halogenated alkanes) is 1. The van der Waals surface area contributed by atoms with E-state index < -0.39 is 5.97 Å². The molecule has 0 saturated heterocycles. The van der Waals surface area contributed by atoms with Crippen molar-refractivity contribution in [2.45, 2.75) is 44.9 Å². The molecule has 0 radical (unpaired) electrons. The van der Waals surface area contributed by atoms with Crippen LogP contribution in [0.2, 0.25) is 0 Å². The average Bonchev–Trinajstić information content (AvgIpc) is 3.50. The van der Waals surface area contributed by atoms with Gasteiger partial charge in [0, 0.05) is 18.5 Å². The molecule has 2 aromatic rings. The van der Waals surface area contributed by atoms with Gasteiger partial charge in [-0.1, -0.05) is 54.6 Å². The molecule has 0 aromatic heterocycles. The minimum absolute atomic E-state index is 0.0335. The quantitative estimate of drug-likeness (QED) is 0.287. The predicted molar refractivity (Wildman–Crippen MR) is 140 cm³/mol. The van der Waals surface area contributed by atoms with Gasteiger partial charge in [0.2, 0.25) is 5.91 Å². The van der Waals surface area contributed by atoms with Crippen molar-refractivity contribution in [3.8, 4) is 11.1 Å². The lowest BCUT2D eigenvalue weighted by molar-refractivity contribution is -0.137. The van der Waals surface area contributed by atoms with Gasteiger partial charge in [-0.3, -0.25) is 14.4 Å². The number of aliphatic carboxylic acids is 1. The van der Waals surface area contributed by atoms with Crippen molar-refractivity contribution in [2.24, 2.45) is 23.7 Å². The maximum Gasteiger partial charge on any atom is 0.303 e. The van der Waals surface area contributed by atoms with Crippen molar-refractivity contribution < 1.29 is 19.5 Å². The first-order valence-electron chi connectivity index (χ1n) is 13.1. The lowest BCUT2D eigenvalue weighted by atomic mass is 9.77. The average molecular weight is 489 g/mol. The fraction of sp³-hybridized carbons (Fsp3) is 0.433. The van der Waals surface area contributed by atoms with Gasteiger partial charge >= 0.3 is 5.97 Å². The van der Waals surface area contributed by atoms with E-state index in [1.54, 1.807) is 12.1 Å². The molecule has 2 aliphatic carbocycles. The van der Waals surface area contributed by atoms with Gasteiger partial charge in [0.25, 0.3) is 5.91 Å². The van der Waals surface area contributed by atoms with Gasteiger partial charge in [-0.2, -0.15) is 0 Å². The number of hydrogen-bond acceptors (Lipinski definition) is 3. The fourth-order valence-corrected chi connectivity index (χ4v) is 5.96. The van der Waals surface area contributed by atoms with Gasteiger partial charge in [0.1, 0.15) is 0 Å². The second kappa shape index (κ2) is 12.5. The van der Waals surface area contributed by atoms with E-state index in [9.17, 15) is 14.4 Å². The van der Waals surface area contributed by atoms with Gasteiger partial charge in [0.15, 0.2) is 0 Å². The summed E-state index contributed by atoms with van der Waals surface area (Å²) in [6.07, 6.45) is 10.7. The Kier molecular flexibility index (Phi) is 8.93. The van der Waals surface area contributed by atoms with Crippen LogP contribution in [-0.2, 0) is 9.59 Å². The number of hydrogen-bond donors (Lipinski definition) is 3. The van der Waals surface area contributed by atoms with Crippen molar-refractivity contribution in [3.05, 3.63) is 72.3 Å². The van der Waals surface area contributed by atoms with Crippen LogP contribution in [-0.4, -0.2) is 36.0 Å². The van der Waals surface area contributed by atoms with Crippen LogP contribution in [0.5, 0.6) is 0 Å². The second-order valence-corrected chi connectivity index (χ2v) is 10.1. The molecule has 2 aromatic carbocycles. The van der Waals surface area contributed by atoms with E-state index in [2.05, 4.69) is 22.8 Å². The molecule has 2 aliphatic rings. The highest BCUT2D eigenvalue weighted by molar-refractivity contribution is 5.96. The Labute approximate surface area is 213 Å². The number of amides is 2. The predicted octanol–water partition coefficient (Wildman–Crippen LogP) is 5.06. The standard InChI is InChI=1S/C30H36N2O4/c33-28(20-32-30(36)23-14-12-22(13-15-23)21-8-4-3-5-9-21)31-19-27-25-17-16-24(18-25)26(27)10-6-1-2-7-11-29(34)35/h1,3-6,8-9,12-15,24-27H,2,7,10-11,16-20H2,(H,31,33)(H,32,36)(H,34,35)/b6-1-/t24-,25+,26-,27+/m0/s1. The monoisotopic (exact) mass is 488 g/mol. The molecule has 2 saturated carbocycles. The van der Waals surface area contributed by atoms with E-state index in [1.807, 2.05) is 42.5 Å². The van der Waals surface area contributed by atoms with Gasteiger partial charge in [0.05, 0.1) is 6.54 Å². The number of nitrogens with one attached hydrogen (secondary N) is 2. The van der Waals surface area contributed by atoms with Crippen molar-refractivity contribution >= 4 is 17.8 Å². The van der Waals surface area contributed by atoms with E-state index in [-0.39, 0.29) is 24.8 Å². The molecule has 6 heteroatoms. The van der Waals surface area contributed by atoms with Crippen LogP contribution in [0.3, 0.4) is 0 Å². The van der Waals surface area contributed by atoms with Crippen LogP contribution in [0.1, 0.15) is 55.3 Å². The highest BCUT2D eigenvalue weighted by atomic mass is 16.4. The Morgan fingerprint density at radius 3 is 2.28 bits per heavy atom. The topological polar surface area (TPSA) is 95.5 Å². The Morgan fingerprint density at radius 1 is 0.861 bits per heavy atom. The summed E-state index contributed by atoms with van der Waals surface area (Å²) in [7, 11) is 0. The Hall–Kier alpha value is -3.41. The van der Waals surface area contributed by atoms with E-state index in [0.717, 1.165) is 29.9 Å². The van der Waals surface area contributed by atoms with Crippen LogP contribution >= 0.6 is 0 Å². The van der Waals surface area contributed by atoms with Gasteiger partial charge < -0.3 is 15.7 Å². The van der Waals surface area contributed by atoms with Gasteiger partial charge in [-0.15, -0.1) is 0 Å². The number of carboxylic acids is 1. The van der Waals surface area contributed by atoms with Crippen LogP contribution < -0.4 is 10.6 Å². The van der Waals surface area contributed by atoms with E-state index in [0.29, 0.717) is 36.3 Å². The number of rotatable bonds is 12. The minimum atomic E-state index is -0.746. The summed E-state index contributed by atoms with van der Waals surface area (Å²) >= 11 is 0. The highest BCUT2D eigenvalue weighted by Crippen LogP contribution is 2.53. The lowest BCUT2D eigenvalue weighted by Gasteiger charge is -2.30. The molecule has 2 bridgehead atoms. The highest BCUT2D eigenvalue weighted by Gasteiger charge is 2.46.